The van der Waals surface area contributed by atoms with E-state index in [1.54, 1.807) is 31.2 Å². The normalized spacial score (nSPS) is 11.3. The standard InChI is InChI=1S/C20H23FN2O4/c1-12(2)27-18-9-7-15(11-19(18)26-5)20(24)23-22-13(3)14-6-8-17(25-4)16(21)10-14/h6-12H,1-5H3,(H,23,24)/b22-13-. The monoisotopic (exact) mass is 374 g/mol. The number of ether oxygens (including phenoxy) is 3. The van der Waals surface area contributed by atoms with Crippen molar-refractivity contribution in [1.82, 2.24) is 5.43 Å². The molecule has 0 heterocycles. The average Bonchev–Trinajstić information content (AvgIpc) is 2.65. The van der Waals surface area contributed by atoms with Crippen LogP contribution in [0.4, 0.5) is 4.39 Å². The van der Waals surface area contributed by atoms with Crippen molar-refractivity contribution in [2.45, 2.75) is 26.9 Å². The van der Waals surface area contributed by atoms with Crippen molar-refractivity contribution < 1.29 is 23.4 Å². The van der Waals surface area contributed by atoms with Crippen molar-refractivity contribution in [3.05, 3.63) is 53.3 Å². The highest BCUT2D eigenvalue weighted by Crippen LogP contribution is 2.29. The number of carbonyl (C=O) groups is 1. The first-order valence-electron chi connectivity index (χ1n) is 8.39. The van der Waals surface area contributed by atoms with Crippen molar-refractivity contribution in [2.24, 2.45) is 5.10 Å². The second-order valence-corrected chi connectivity index (χ2v) is 6.02. The number of carbonyl (C=O) groups excluding carboxylic acids is 1. The van der Waals surface area contributed by atoms with Gasteiger partial charge in [0.1, 0.15) is 0 Å². The fourth-order valence-electron chi connectivity index (χ4n) is 2.32. The van der Waals surface area contributed by atoms with Gasteiger partial charge in [0.2, 0.25) is 0 Å². The Balaban J connectivity index is 2.14. The molecule has 0 spiro atoms. The third kappa shape index (κ3) is 5.20. The van der Waals surface area contributed by atoms with Gasteiger partial charge in [0, 0.05) is 11.1 Å². The molecule has 0 saturated carbocycles. The molecule has 1 N–H and O–H groups in total. The number of hydrazone groups is 1. The Kier molecular flexibility index (Phi) is 6.76. The van der Waals surface area contributed by atoms with Gasteiger partial charge in [-0.15, -0.1) is 0 Å². The van der Waals surface area contributed by atoms with E-state index in [-0.39, 0.29) is 11.9 Å². The van der Waals surface area contributed by atoms with Gasteiger partial charge in [0.25, 0.3) is 5.91 Å². The van der Waals surface area contributed by atoms with Gasteiger partial charge in [-0.2, -0.15) is 5.10 Å². The molecule has 0 aromatic heterocycles. The zero-order valence-corrected chi connectivity index (χ0v) is 16.0. The average molecular weight is 374 g/mol. The van der Waals surface area contributed by atoms with Gasteiger partial charge in [0.05, 0.1) is 26.0 Å². The summed E-state index contributed by atoms with van der Waals surface area (Å²) in [5.74, 6) is 0.234. The fraction of sp³-hybridized carbons (Fsp3) is 0.300. The van der Waals surface area contributed by atoms with Gasteiger partial charge in [0.15, 0.2) is 23.1 Å². The Labute approximate surface area is 157 Å². The molecule has 0 aliphatic heterocycles. The topological polar surface area (TPSA) is 69.2 Å². The number of hydrogen-bond acceptors (Lipinski definition) is 5. The van der Waals surface area contributed by atoms with Crippen LogP contribution in [-0.2, 0) is 0 Å². The summed E-state index contributed by atoms with van der Waals surface area (Å²) >= 11 is 0. The molecule has 0 aliphatic rings. The number of amides is 1. The molecule has 6 nitrogen and oxygen atoms in total. The molecular weight excluding hydrogens is 351 g/mol. The smallest absolute Gasteiger partial charge is 0.271 e. The van der Waals surface area contributed by atoms with E-state index in [1.807, 2.05) is 13.8 Å². The number of methoxy groups -OCH3 is 2. The van der Waals surface area contributed by atoms with Crippen LogP contribution in [0.15, 0.2) is 41.5 Å². The number of nitrogens with zero attached hydrogens (tertiary/aromatic N) is 1. The predicted octanol–water partition coefficient (Wildman–Crippen LogP) is 3.78. The van der Waals surface area contributed by atoms with E-state index in [0.29, 0.717) is 28.3 Å². The SMILES string of the molecule is COc1ccc(/C(C)=N\NC(=O)c2ccc(OC(C)C)c(OC)c2)cc1F. The lowest BCUT2D eigenvalue weighted by Crippen LogP contribution is -2.19. The molecule has 1 amide bonds. The number of rotatable bonds is 7. The zero-order valence-electron chi connectivity index (χ0n) is 16.0. The van der Waals surface area contributed by atoms with E-state index in [2.05, 4.69) is 10.5 Å². The molecule has 0 fully saturated rings. The zero-order chi connectivity index (χ0) is 20.0. The van der Waals surface area contributed by atoms with E-state index in [0.717, 1.165) is 0 Å². The largest absolute Gasteiger partial charge is 0.494 e. The Morgan fingerprint density at radius 2 is 1.63 bits per heavy atom. The maximum Gasteiger partial charge on any atom is 0.271 e. The van der Waals surface area contributed by atoms with Gasteiger partial charge in [-0.05, 0) is 57.2 Å². The summed E-state index contributed by atoms with van der Waals surface area (Å²) in [6.45, 7) is 5.47. The van der Waals surface area contributed by atoms with E-state index in [9.17, 15) is 9.18 Å². The van der Waals surface area contributed by atoms with Crippen molar-refractivity contribution >= 4 is 11.6 Å². The van der Waals surface area contributed by atoms with Crippen LogP contribution in [0.5, 0.6) is 17.2 Å². The summed E-state index contributed by atoms with van der Waals surface area (Å²) in [5, 5.41) is 4.03. The summed E-state index contributed by atoms with van der Waals surface area (Å²) in [6, 6.07) is 9.32. The number of halogens is 1. The van der Waals surface area contributed by atoms with Gasteiger partial charge >= 0.3 is 0 Å². The third-order valence-electron chi connectivity index (χ3n) is 3.68. The first-order chi connectivity index (χ1) is 12.8. The van der Waals surface area contributed by atoms with Crippen LogP contribution >= 0.6 is 0 Å². The second-order valence-electron chi connectivity index (χ2n) is 6.02. The third-order valence-corrected chi connectivity index (χ3v) is 3.68. The number of nitrogens with one attached hydrogen (secondary N) is 1. The van der Waals surface area contributed by atoms with Gasteiger partial charge in [-0.3, -0.25) is 4.79 Å². The van der Waals surface area contributed by atoms with Crippen LogP contribution in [-0.4, -0.2) is 31.9 Å². The quantitative estimate of drug-likeness (QED) is 0.591. The molecule has 7 heteroatoms. The summed E-state index contributed by atoms with van der Waals surface area (Å²) in [6.07, 6.45) is -0.0179. The van der Waals surface area contributed by atoms with Gasteiger partial charge in [-0.25, -0.2) is 9.82 Å². The van der Waals surface area contributed by atoms with Crippen LogP contribution in [0.25, 0.3) is 0 Å². The van der Waals surface area contributed by atoms with Crippen LogP contribution in [0.1, 0.15) is 36.7 Å². The second kappa shape index (κ2) is 9.02. The van der Waals surface area contributed by atoms with Crippen molar-refractivity contribution in [1.29, 1.82) is 0 Å². The molecule has 0 saturated heterocycles. The summed E-state index contributed by atoms with van der Waals surface area (Å²) in [7, 11) is 2.90. The Hall–Kier alpha value is -3.09. The van der Waals surface area contributed by atoms with E-state index in [4.69, 9.17) is 14.2 Å². The maximum atomic E-state index is 13.8. The number of hydrogen-bond donors (Lipinski definition) is 1. The molecule has 0 radical (unpaired) electrons. The molecule has 2 aromatic carbocycles. The minimum Gasteiger partial charge on any atom is -0.494 e. The lowest BCUT2D eigenvalue weighted by atomic mass is 10.1. The van der Waals surface area contributed by atoms with Crippen LogP contribution in [0.2, 0.25) is 0 Å². The van der Waals surface area contributed by atoms with Gasteiger partial charge < -0.3 is 14.2 Å². The van der Waals surface area contributed by atoms with E-state index < -0.39 is 11.7 Å². The predicted molar refractivity (Wildman–Crippen MR) is 101 cm³/mol. The highest BCUT2D eigenvalue weighted by molar-refractivity contribution is 6.01. The Morgan fingerprint density at radius 1 is 1.00 bits per heavy atom. The van der Waals surface area contributed by atoms with Crippen molar-refractivity contribution in [2.75, 3.05) is 14.2 Å². The van der Waals surface area contributed by atoms with Crippen LogP contribution in [0.3, 0.4) is 0 Å². The molecule has 0 unspecified atom stereocenters. The fourth-order valence-corrected chi connectivity index (χ4v) is 2.32. The van der Waals surface area contributed by atoms with E-state index in [1.165, 1.54) is 26.4 Å². The highest BCUT2D eigenvalue weighted by atomic mass is 19.1. The van der Waals surface area contributed by atoms with Crippen LogP contribution in [0, 0.1) is 5.82 Å². The van der Waals surface area contributed by atoms with Crippen molar-refractivity contribution in [3.8, 4) is 17.2 Å². The van der Waals surface area contributed by atoms with Crippen molar-refractivity contribution in [3.63, 3.8) is 0 Å². The summed E-state index contributed by atoms with van der Waals surface area (Å²) < 4.78 is 29.6. The van der Waals surface area contributed by atoms with E-state index >= 15 is 0 Å². The first-order valence-corrected chi connectivity index (χ1v) is 8.39. The Morgan fingerprint density at radius 3 is 2.22 bits per heavy atom. The Bertz CT molecular complexity index is 850. The molecule has 144 valence electrons. The summed E-state index contributed by atoms with van der Waals surface area (Å²) in [4.78, 5) is 12.3. The first kappa shape index (κ1) is 20.2. The molecule has 2 aromatic rings. The highest BCUT2D eigenvalue weighted by Gasteiger charge is 2.12. The molecule has 0 aliphatic carbocycles. The number of benzene rings is 2. The molecule has 2 rings (SSSR count). The molecule has 27 heavy (non-hydrogen) atoms. The summed E-state index contributed by atoms with van der Waals surface area (Å²) in [5.41, 5.74) is 3.81. The minimum atomic E-state index is -0.499. The maximum absolute atomic E-state index is 13.8. The molecule has 0 bridgehead atoms. The minimum absolute atomic E-state index is 0.0179. The lowest BCUT2D eigenvalue weighted by molar-refractivity contribution is 0.0954. The van der Waals surface area contributed by atoms with Gasteiger partial charge in [-0.1, -0.05) is 0 Å². The lowest BCUT2D eigenvalue weighted by Gasteiger charge is -2.14. The molecule has 0 atom stereocenters. The van der Waals surface area contributed by atoms with Crippen LogP contribution < -0.4 is 19.6 Å². The molecular formula is C20H23FN2O4.